The van der Waals surface area contributed by atoms with Crippen molar-refractivity contribution in [3.05, 3.63) is 0 Å². The third kappa shape index (κ3) is 2.96. The van der Waals surface area contributed by atoms with E-state index in [0.717, 1.165) is 12.5 Å². The lowest BCUT2D eigenvalue weighted by Crippen LogP contribution is -2.45. The summed E-state index contributed by atoms with van der Waals surface area (Å²) in [7, 11) is 1.83. The minimum absolute atomic E-state index is 0.382. The van der Waals surface area contributed by atoms with E-state index in [1.54, 1.807) is 0 Å². The number of hydrogen-bond acceptors (Lipinski definition) is 2. The Morgan fingerprint density at radius 2 is 2.00 bits per heavy atom. The van der Waals surface area contributed by atoms with E-state index in [0.29, 0.717) is 18.1 Å². The minimum atomic E-state index is 0.382. The fourth-order valence-corrected chi connectivity index (χ4v) is 2.08. The van der Waals surface area contributed by atoms with Crippen molar-refractivity contribution in [3.63, 3.8) is 0 Å². The Labute approximate surface area is 82.0 Å². The van der Waals surface area contributed by atoms with Gasteiger partial charge in [-0.05, 0) is 31.2 Å². The molecule has 2 heteroatoms. The monoisotopic (exact) mass is 185 g/mol. The maximum absolute atomic E-state index is 5.57. The van der Waals surface area contributed by atoms with Crippen LogP contribution >= 0.6 is 0 Å². The summed E-state index contributed by atoms with van der Waals surface area (Å²) >= 11 is 0. The van der Waals surface area contributed by atoms with Crippen LogP contribution in [0.5, 0.6) is 0 Å². The van der Waals surface area contributed by atoms with Gasteiger partial charge in [-0.3, -0.25) is 0 Å². The largest absolute Gasteiger partial charge is 0.380 e. The van der Waals surface area contributed by atoms with E-state index < -0.39 is 0 Å². The Hall–Kier alpha value is -0.0800. The van der Waals surface area contributed by atoms with E-state index in [4.69, 9.17) is 4.74 Å². The topological polar surface area (TPSA) is 21.3 Å². The van der Waals surface area contributed by atoms with E-state index in [2.05, 4.69) is 26.1 Å². The van der Waals surface area contributed by atoms with Crippen molar-refractivity contribution in [3.8, 4) is 0 Å². The highest BCUT2D eigenvalue weighted by Crippen LogP contribution is 2.36. The van der Waals surface area contributed by atoms with Gasteiger partial charge < -0.3 is 10.1 Å². The van der Waals surface area contributed by atoms with Crippen LogP contribution in [0.4, 0.5) is 0 Å². The lowest BCUT2D eigenvalue weighted by atomic mass is 9.96. The fraction of sp³-hybridized carbons (Fsp3) is 1.00. The Morgan fingerprint density at radius 3 is 2.31 bits per heavy atom. The van der Waals surface area contributed by atoms with Crippen LogP contribution in [0.1, 0.15) is 33.6 Å². The first-order valence-electron chi connectivity index (χ1n) is 5.46. The minimum Gasteiger partial charge on any atom is -0.380 e. The molecule has 0 aromatic heterocycles. The number of rotatable bonds is 6. The van der Waals surface area contributed by atoms with Gasteiger partial charge >= 0.3 is 0 Å². The van der Waals surface area contributed by atoms with Crippen molar-refractivity contribution in [1.82, 2.24) is 5.32 Å². The van der Waals surface area contributed by atoms with E-state index in [-0.39, 0.29) is 0 Å². The zero-order valence-corrected chi connectivity index (χ0v) is 9.34. The van der Waals surface area contributed by atoms with Crippen LogP contribution in [0.2, 0.25) is 0 Å². The number of ether oxygens (including phenoxy) is 1. The molecule has 1 saturated carbocycles. The van der Waals surface area contributed by atoms with E-state index >= 15 is 0 Å². The average Bonchev–Trinajstić information content (AvgIpc) is 2.86. The normalized spacial score (nSPS) is 21.9. The SMILES string of the molecule is CCNC(C1CC1)C(OC)C(C)C. The summed E-state index contributed by atoms with van der Waals surface area (Å²) in [5.41, 5.74) is 0. The molecule has 0 heterocycles. The van der Waals surface area contributed by atoms with Crippen LogP contribution in [0.3, 0.4) is 0 Å². The zero-order chi connectivity index (χ0) is 9.84. The van der Waals surface area contributed by atoms with Gasteiger partial charge in [-0.15, -0.1) is 0 Å². The molecule has 2 atom stereocenters. The lowest BCUT2D eigenvalue weighted by molar-refractivity contribution is 0.0271. The molecule has 2 unspecified atom stereocenters. The van der Waals surface area contributed by atoms with Crippen molar-refractivity contribution in [1.29, 1.82) is 0 Å². The van der Waals surface area contributed by atoms with Gasteiger partial charge in [0.05, 0.1) is 6.10 Å². The molecule has 78 valence electrons. The Bertz CT molecular complexity index is 143. The van der Waals surface area contributed by atoms with Crippen LogP contribution < -0.4 is 5.32 Å². The van der Waals surface area contributed by atoms with Gasteiger partial charge in [-0.2, -0.15) is 0 Å². The third-order valence-corrected chi connectivity index (χ3v) is 2.85. The number of hydrogen-bond donors (Lipinski definition) is 1. The first-order valence-corrected chi connectivity index (χ1v) is 5.46. The van der Waals surface area contributed by atoms with E-state index in [1.807, 2.05) is 7.11 Å². The highest BCUT2D eigenvalue weighted by molar-refractivity contribution is 4.92. The molecule has 0 spiro atoms. The fourth-order valence-electron chi connectivity index (χ4n) is 2.08. The van der Waals surface area contributed by atoms with Crippen molar-refractivity contribution in [2.24, 2.45) is 11.8 Å². The molecule has 0 saturated heterocycles. The summed E-state index contributed by atoms with van der Waals surface area (Å²) in [5, 5.41) is 3.55. The number of nitrogens with one attached hydrogen (secondary N) is 1. The van der Waals surface area contributed by atoms with Crippen LogP contribution in [0, 0.1) is 11.8 Å². The first kappa shape index (κ1) is 11.0. The van der Waals surface area contributed by atoms with Crippen molar-refractivity contribution in [2.75, 3.05) is 13.7 Å². The molecule has 13 heavy (non-hydrogen) atoms. The van der Waals surface area contributed by atoms with Gasteiger partial charge in [0.25, 0.3) is 0 Å². The molecule has 0 radical (unpaired) electrons. The highest BCUT2D eigenvalue weighted by atomic mass is 16.5. The van der Waals surface area contributed by atoms with Gasteiger partial charge in [0, 0.05) is 13.2 Å². The van der Waals surface area contributed by atoms with Crippen LogP contribution in [-0.2, 0) is 4.74 Å². The Kier molecular flexibility index (Phi) is 4.20. The highest BCUT2D eigenvalue weighted by Gasteiger charge is 2.37. The first-order chi connectivity index (χ1) is 6.20. The molecule has 0 aromatic rings. The standard InChI is InChI=1S/C11H23NO/c1-5-12-10(9-6-7-9)11(13-4)8(2)3/h8-12H,5-7H2,1-4H3. The second kappa shape index (κ2) is 4.97. The molecule has 1 rings (SSSR count). The van der Waals surface area contributed by atoms with Gasteiger partial charge in [0.15, 0.2) is 0 Å². The lowest BCUT2D eigenvalue weighted by Gasteiger charge is -2.29. The maximum atomic E-state index is 5.57. The predicted octanol–water partition coefficient (Wildman–Crippen LogP) is 2.05. The second-order valence-corrected chi connectivity index (χ2v) is 4.37. The van der Waals surface area contributed by atoms with E-state index in [9.17, 15) is 0 Å². The summed E-state index contributed by atoms with van der Waals surface area (Å²) in [6, 6.07) is 0.579. The smallest absolute Gasteiger partial charge is 0.0749 e. The molecular formula is C11H23NO. The van der Waals surface area contributed by atoms with Gasteiger partial charge in [-0.1, -0.05) is 20.8 Å². The molecule has 0 bridgehead atoms. The molecule has 1 aliphatic rings. The van der Waals surface area contributed by atoms with Crippen LogP contribution in [0.25, 0.3) is 0 Å². The van der Waals surface area contributed by atoms with Gasteiger partial charge in [-0.25, -0.2) is 0 Å². The molecule has 0 aromatic carbocycles. The average molecular weight is 185 g/mol. The molecule has 1 fully saturated rings. The summed E-state index contributed by atoms with van der Waals surface area (Å²) < 4.78 is 5.57. The van der Waals surface area contributed by atoms with E-state index in [1.165, 1.54) is 12.8 Å². The van der Waals surface area contributed by atoms with Gasteiger partial charge in [0.1, 0.15) is 0 Å². The quantitative estimate of drug-likeness (QED) is 0.684. The molecule has 1 aliphatic carbocycles. The Balaban J connectivity index is 2.48. The van der Waals surface area contributed by atoms with Crippen LogP contribution in [0.15, 0.2) is 0 Å². The number of methoxy groups -OCH3 is 1. The maximum Gasteiger partial charge on any atom is 0.0749 e. The molecule has 1 N–H and O–H groups in total. The van der Waals surface area contributed by atoms with Crippen molar-refractivity contribution in [2.45, 2.75) is 45.8 Å². The molecular weight excluding hydrogens is 162 g/mol. The number of likely N-dealkylation sites (N-methyl/N-ethyl adjacent to an activating group) is 1. The summed E-state index contributed by atoms with van der Waals surface area (Å²) in [5.74, 6) is 1.47. The molecule has 0 aliphatic heterocycles. The van der Waals surface area contributed by atoms with Crippen molar-refractivity contribution < 1.29 is 4.74 Å². The van der Waals surface area contributed by atoms with Gasteiger partial charge in [0.2, 0.25) is 0 Å². The predicted molar refractivity (Wildman–Crippen MR) is 55.8 cm³/mol. The summed E-state index contributed by atoms with van der Waals surface area (Å²) in [6.45, 7) is 7.69. The van der Waals surface area contributed by atoms with Crippen molar-refractivity contribution >= 4 is 0 Å². The summed E-state index contributed by atoms with van der Waals surface area (Å²) in [4.78, 5) is 0. The molecule has 0 amide bonds. The van der Waals surface area contributed by atoms with Crippen LogP contribution in [-0.4, -0.2) is 25.8 Å². The molecule has 2 nitrogen and oxygen atoms in total. The second-order valence-electron chi connectivity index (χ2n) is 4.37. The Morgan fingerprint density at radius 1 is 1.38 bits per heavy atom. The third-order valence-electron chi connectivity index (χ3n) is 2.85. The zero-order valence-electron chi connectivity index (χ0n) is 9.34. The summed E-state index contributed by atoms with van der Waals surface area (Å²) in [6.07, 6.45) is 3.14.